The van der Waals surface area contributed by atoms with Crippen molar-refractivity contribution in [2.75, 3.05) is 26.3 Å². The lowest BCUT2D eigenvalue weighted by molar-refractivity contribution is -0.151. The lowest BCUT2D eigenvalue weighted by Gasteiger charge is -2.36. The Labute approximate surface area is 259 Å². The van der Waals surface area contributed by atoms with Crippen LogP contribution in [0.1, 0.15) is 57.9 Å². The van der Waals surface area contributed by atoms with Gasteiger partial charge in [-0.1, -0.05) is 26.5 Å². The van der Waals surface area contributed by atoms with Gasteiger partial charge in [0.2, 0.25) is 17.7 Å². The molecule has 1 aliphatic rings. The first-order chi connectivity index (χ1) is 21.3. The van der Waals surface area contributed by atoms with E-state index in [4.69, 9.17) is 9.47 Å². The van der Waals surface area contributed by atoms with Gasteiger partial charge in [0, 0.05) is 44.1 Å². The van der Waals surface area contributed by atoms with Gasteiger partial charge in [0.25, 0.3) is 5.56 Å². The highest BCUT2D eigenvalue weighted by Crippen LogP contribution is 2.14. The van der Waals surface area contributed by atoms with Gasteiger partial charge < -0.3 is 20.1 Å². The van der Waals surface area contributed by atoms with Crippen LogP contribution in [0, 0.1) is 12.8 Å². The number of nitrogens with zero attached hydrogens (tertiary/aromatic N) is 2. The number of ether oxygens (including phenoxy) is 2. The number of ketones is 1. The molecule has 2 rings (SSSR count). The van der Waals surface area contributed by atoms with Crippen molar-refractivity contribution in [1.82, 2.24) is 30.6 Å². The molecule has 0 aromatic carbocycles. The Morgan fingerprint density at radius 2 is 1.84 bits per heavy atom. The second kappa shape index (κ2) is 18.3. The van der Waals surface area contributed by atoms with Gasteiger partial charge in [0.05, 0.1) is 6.04 Å². The number of Topliss-reactive ketones (excluding diaryl/α,β-unsaturated/α-hetero) is 1. The fraction of sp³-hybridized carbons (Fsp3) is 0.586. The molecule has 1 fully saturated rings. The van der Waals surface area contributed by atoms with E-state index in [0.29, 0.717) is 19.4 Å². The lowest BCUT2D eigenvalue weighted by atomic mass is 10.0. The number of hydrazine groups is 1. The third-order valence-electron chi connectivity index (χ3n) is 6.64. The van der Waals surface area contributed by atoms with E-state index < -0.39 is 66.0 Å². The summed E-state index contributed by atoms with van der Waals surface area (Å²) < 4.78 is 10.9. The number of rotatable bonds is 17. The zero-order valence-corrected chi connectivity index (χ0v) is 25.8. The van der Waals surface area contributed by atoms with E-state index in [1.54, 1.807) is 0 Å². The van der Waals surface area contributed by atoms with Crippen molar-refractivity contribution in [2.24, 2.45) is 5.92 Å². The van der Waals surface area contributed by atoms with Crippen LogP contribution in [0.2, 0.25) is 0 Å². The summed E-state index contributed by atoms with van der Waals surface area (Å²) in [4.78, 5) is 101. The van der Waals surface area contributed by atoms with Crippen LogP contribution >= 0.6 is 0 Å². The maximum absolute atomic E-state index is 13.4. The Balaban J connectivity index is 2.07. The van der Waals surface area contributed by atoms with Crippen molar-refractivity contribution in [1.29, 1.82) is 0 Å². The second-order valence-electron chi connectivity index (χ2n) is 10.9. The Hall–Kier alpha value is -4.60. The first-order valence-corrected chi connectivity index (χ1v) is 14.7. The third kappa shape index (κ3) is 12.5. The van der Waals surface area contributed by atoms with Crippen LogP contribution in [0.3, 0.4) is 0 Å². The summed E-state index contributed by atoms with van der Waals surface area (Å²) in [5, 5.41) is 6.42. The number of carbonyl (C=O) groups is 6. The topological polar surface area (TPSA) is 215 Å². The van der Waals surface area contributed by atoms with Crippen molar-refractivity contribution >= 4 is 35.4 Å². The molecular weight excluding hydrogens is 592 g/mol. The van der Waals surface area contributed by atoms with E-state index in [1.807, 2.05) is 13.8 Å². The summed E-state index contributed by atoms with van der Waals surface area (Å²) in [7, 11) is 0. The number of H-pyrrole nitrogens is 1. The van der Waals surface area contributed by atoms with E-state index >= 15 is 0 Å². The molecular formula is C29H42N6O10. The monoisotopic (exact) mass is 634 g/mol. The third-order valence-corrected chi connectivity index (χ3v) is 6.64. The van der Waals surface area contributed by atoms with Crippen molar-refractivity contribution in [2.45, 2.75) is 77.9 Å². The van der Waals surface area contributed by atoms with Crippen LogP contribution < -0.4 is 27.3 Å². The molecule has 1 aliphatic heterocycles. The molecule has 248 valence electrons. The number of hydrogen-bond donors (Lipinski definition) is 4. The highest BCUT2D eigenvalue weighted by atomic mass is 16.5. The summed E-state index contributed by atoms with van der Waals surface area (Å²) in [6, 6.07) is -2.27. The lowest BCUT2D eigenvalue weighted by Crippen LogP contribution is -2.60. The molecule has 0 bridgehead atoms. The highest BCUT2D eigenvalue weighted by molar-refractivity contribution is 5.94. The van der Waals surface area contributed by atoms with Gasteiger partial charge in [0.15, 0.2) is 12.4 Å². The second-order valence-corrected chi connectivity index (χ2v) is 10.9. The van der Waals surface area contributed by atoms with Gasteiger partial charge in [-0.3, -0.25) is 48.1 Å². The number of aryl methyl sites for hydroxylation is 1. The van der Waals surface area contributed by atoms with E-state index in [9.17, 15) is 38.4 Å². The summed E-state index contributed by atoms with van der Waals surface area (Å²) >= 11 is 0. The minimum atomic E-state index is -1.28. The van der Waals surface area contributed by atoms with Crippen molar-refractivity contribution in [3.63, 3.8) is 0 Å². The standard InChI is InChI=1S/C29H42N6O10/c1-5-13-44-25(39)9-8-20(22(36)17-45-26(40)16-34-15-19(4)27(41)33-29(34)43)32-28(42)21-7-6-11-31-35(21)24(38)10-12-30-23(37)14-18(2)3/h5,15,18,20-21,31H,1,6-14,16-17H2,2-4H3,(H,30,37)(H,32,42)(H,33,41,43). The number of carbonyl (C=O) groups excluding carboxylic acids is 6. The van der Waals surface area contributed by atoms with Crippen LogP contribution in [0.4, 0.5) is 0 Å². The zero-order valence-electron chi connectivity index (χ0n) is 25.8. The fourth-order valence-electron chi connectivity index (χ4n) is 4.36. The van der Waals surface area contributed by atoms with Crippen LogP contribution in [0.5, 0.6) is 0 Å². The van der Waals surface area contributed by atoms with Gasteiger partial charge >= 0.3 is 17.6 Å². The van der Waals surface area contributed by atoms with Crippen molar-refractivity contribution < 1.29 is 38.2 Å². The average Bonchev–Trinajstić information content (AvgIpc) is 2.99. The highest BCUT2D eigenvalue weighted by Gasteiger charge is 2.34. The zero-order chi connectivity index (χ0) is 33.5. The summed E-state index contributed by atoms with van der Waals surface area (Å²) in [5.41, 5.74) is 1.64. The number of nitrogens with one attached hydrogen (secondary N) is 4. The van der Waals surface area contributed by atoms with Gasteiger partial charge in [-0.25, -0.2) is 10.2 Å². The molecule has 1 aromatic heterocycles. The fourth-order valence-corrected chi connectivity index (χ4v) is 4.36. The SMILES string of the molecule is C=CCOC(=O)CCC(NC(=O)C1CCCNN1C(=O)CCNC(=O)CC(C)C)C(=O)COC(=O)Cn1cc(C)c(=O)[nH]c1=O. The Morgan fingerprint density at radius 1 is 1.11 bits per heavy atom. The molecule has 45 heavy (non-hydrogen) atoms. The van der Waals surface area contributed by atoms with Gasteiger partial charge in [-0.05, 0) is 32.1 Å². The van der Waals surface area contributed by atoms with E-state index in [1.165, 1.54) is 24.2 Å². The van der Waals surface area contributed by atoms with E-state index in [0.717, 1.165) is 4.57 Å². The average molecular weight is 635 g/mol. The Bertz CT molecular complexity index is 1370. The summed E-state index contributed by atoms with van der Waals surface area (Å²) in [5.74, 6) is -3.48. The van der Waals surface area contributed by atoms with Crippen molar-refractivity contribution in [3.8, 4) is 0 Å². The largest absolute Gasteiger partial charge is 0.461 e. The molecule has 1 aromatic rings. The van der Waals surface area contributed by atoms with Crippen LogP contribution in [0.15, 0.2) is 28.4 Å². The number of aromatic amines is 1. The quantitative estimate of drug-likeness (QED) is 0.120. The number of amides is 3. The molecule has 4 N–H and O–H groups in total. The van der Waals surface area contributed by atoms with Gasteiger partial charge in [-0.15, -0.1) is 0 Å². The predicted octanol–water partition coefficient (Wildman–Crippen LogP) is -1.00. The smallest absolute Gasteiger partial charge is 0.328 e. The molecule has 3 amide bonds. The van der Waals surface area contributed by atoms with Gasteiger partial charge in [0.1, 0.15) is 19.2 Å². The van der Waals surface area contributed by atoms with Crippen LogP contribution in [0.25, 0.3) is 0 Å². The molecule has 16 nitrogen and oxygen atoms in total. The number of esters is 2. The Morgan fingerprint density at radius 3 is 2.53 bits per heavy atom. The molecule has 1 saturated heterocycles. The molecule has 2 unspecified atom stereocenters. The minimum Gasteiger partial charge on any atom is -0.461 e. The molecule has 2 atom stereocenters. The van der Waals surface area contributed by atoms with Crippen LogP contribution in [-0.4, -0.2) is 88.4 Å². The minimum absolute atomic E-state index is 0.0479. The first kappa shape index (κ1) is 36.6. The maximum atomic E-state index is 13.4. The predicted molar refractivity (Wildman–Crippen MR) is 159 cm³/mol. The summed E-state index contributed by atoms with van der Waals surface area (Å²) in [6.07, 6.45) is 3.19. The molecule has 2 heterocycles. The molecule has 0 radical (unpaired) electrons. The van der Waals surface area contributed by atoms with E-state index in [-0.39, 0.29) is 56.2 Å². The maximum Gasteiger partial charge on any atom is 0.328 e. The normalized spacial score (nSPS) is 15.1. The van der Waals surface area contributed by atoms with E-state index in [2.05, 4.69) is 27.6 Å². The van der Waals surface area contributed by atoms with Gasteiger partial charge in [-0.2, -0.15) is 0 Å². The molecule has 16 heteroatoms. The summed E-state index contributed by atoms with van der Waals surface area (Å²) in [6.45, 7) is 7.79. The molecule has 0 saturated carbocycles. The number of hydrogen-bond acceptors (Lipinski definition) is 11. The molecule has 0 spiro atoms. The van der Waals surface area contributed by atoms with Crippen molar-refractivity contribution in [3.05, 3.63) is 45.3 Å². The van der Waals surface area contributed by atoms with Crippen LogP contribution in [-0.2, 0) is 44.8 Å². The molecule has 0 aliphatic carbocycles. The first-order valence-electron chi connectivity index (χ1n) is 14.7. The Kier molecular flexibility index (Phi) is 14.9. The number of aromatic nitrogens is 2.